The van der Waals surface area contributed by atoms with Crippen molar-refractivity contribution in [3.63, 3.8) is 0 Å². The van der Waals surface area contributed by atoms with E-state index in [2.05, 4.69) is 29.3 Å². The summed E-state index contributed by atoms with van der Waals surface area (Å²) in [5.41, 5.74) is 2.38. The number of carbonyl (C=O) groups is 1. The number of morpholine rings is 1. The third kappa shape index (κ3) is 4.60. The predicted molar refractivity (Wildman–Crippen MR) is 97.3 cm³/mol. The Morgan fingerprint density at radius 2 is 2.20 bits per heavy atom. The first kappa shape index (κ1) is 18.4. The fourth-order valence-electron chi connectivity index (χ4n) is 4.18. The molecule has 5 nitrogen and oxygen atoms in total. The van der Waals surface area contributed by atoms with E-state index in [1.165, 1.54) is 17.5 Å². The zero-order chi connectivity index (χ0) is 17.6. The van der Waals surface area contributed by atoms with Crippen molar-refractivity contribution >= 4 is 5.91 Å². The second-order valence-electron chi connectivity index (χ2n) is 7.18. The first-order valence-electron chi connectivity index (χ1n) is 9.35. The van der Waals surface area contributed by atoms with Crippen molar-refractivity contribution in [1.82, 2.24) is 10.2 Å². The van der Waals surface area contributed by atoms with Gasteiger partial charge in [-0.2, -0.15) is 0 Å². The van der Waals surface area contributed by atoms with Gasteiger partial charge in [0.2, 0.25) is 5.91 Å². The number of aryl methyl sites for hydroxylation is 1. The Bertz CT molecular complexity index is 578. The highest BCUT2D eigenvalue weighted by Gasteiger charge is 2.38. The Hall–Kier alpha value is -1.43. The van der Waals surface area contributed by atoms with Gasteiger partial charge in [0.15, 0.2) is 0 Å². The molecule has 25 heavy (non-hydrogen) atoms. The van der Waals surface area contributed by atoms with Crippen LogP contribution in [0.4, 0.5) is 0 Å². The Labute approximate surface area is 150 Å². The molecule has 0 radical (unpaired) electrons. The number of nitrogens with one attached hydrogen (secondary N) is 1. The number of hydrogen-bond donors (Lipinski definition) is 1. The zero-order valence-electron chi connectivity index (χ0n) is 15.4. The largest absolute Gasteiger partial charge is 0.381 e. The Morgan fingerprint density at radius 1 is 1.36 bits per heavy atom. The maximum Gasteiger partial charge on any atom is 0.234 e. The number of nitrogens with zero attached hydrogens (tertiary/aromatic N) is 1. The Kier molecular flexibility index (Phi) is 6.45. The van der Waals surface area contributed by atoms with Gasteiger partial charge in [0.1, 0.15) is 0 Å². The highest BCUT2D eigenvalue weighted by Crippen LogP contribution is 2.33. The molecule has 2 aliphatic rings. The second-order valence-corrected chi connectivity index (χ2v) is 7.18. The molecule has 138 valence electrons. The first-order chi connectivity index (χ1) is 12.2. The molecule has 1 saturated heterocycles. The number of ether oxygens (including phenoxy) is 2. The topological polar surface area (TPSA) is 50.8 Å². The van der Waals surface area contributed by atoms with Gasteiger partial charge in [-0.3, -0.25) is 9.69 Å². The molecule has 2 fully saturated rings. The van der Waals surface area contributed by atoms with Crippen LogP contribution in [0.15, 0.2) is 24.3 Å². The van der Waals surface area contributed by atoms with Gasteiger partial charge in [0.05, 0.1) is 25.9 Å². The molecule has 3 rings (SSSR count). The van der Waals surface area contributed by atoms with E-state index in [9.17, 15) is 4.79 Å². The van der Waals surface area contributed by atoms with Crippen LogP contribution in [0.5, 0.6) is 0 Å². The van der Waals surface area contributed by atoms with Crippen LogP contribution in [0, 0.1) is 12.8 Å². The maximum absolute atomic E-state index is 12.5. The van der Waals surface area contributed by atoms with Crippen LogP contribution in [-0.2, 0) is 20.8 Å². The van der Waals surface area contributed by atoms with Crippen LogP contribution in [-0.4, -0.2) is 56.4 Å². The van der Waals surface area contributed by atoms with Crippen LogP contribution in [0.3, 0.4) is 0 Å². The lowest BCUT2D eigenvalue weighted by Crippen LogP contribution is -2.54. The van der Waals surface area contributed by atoms with E-state index in [4.69, 9.17) is 9.47 Å². The van der Waals surface area contributed by atoms with Gasteiger partial charge in [-0.1, -0.05) is 30.7 Å². The molecule has 1 amide bonds. The standard InChI is InChI=1S/C20H30N2O3/c1-15-6-3-4-7-16(15)12-21-20(23)13-22-10-11-25-14-18(22)17-8-5-9-19(17)24-2/h3-4,6-7,17-19H,5,8-14H2,1-2H3,(H,21,23)/t17-,18+,19+/m0/s1. The third-order valence-corrected chi connectivity index (χ3v) is 5.67. The first-order valence-corrected chi connectivity index (χ1v) is 9.35. The molecule has 1 aliphatic carbocycles. The van der Waals surface area contributed by atoms with Crippen molar-refractivity contribution in [1.29, 1.82) is 0 Å². The minimum absolute atomic E-state index is 0.0853. The molecule has 0 spiro atoms. The Balaban J connectivity index is 1.56. The SMILES string of the molecule is CO[C@@H]1CCC[C@H]1[C@H]1COCCN1CC(=O)NCc1ccccc1C. The number of carbonyl (C=O) groups excluding carboxylic acids is 1. The molecule has 0 bridgehead atoms. The van der Waals surface area contributed by atoms with Gasteiger partial charge in [0, 0.05) is 32.2 Å². The van der Waals surface area contributed by atoms with E-state index in [0.29, 0.717) is 38.3 Å². The van der Waals surface area contributed by atoms with Gasteiger partial charge in [-0.15, -0.1) is 0 Å². The van der Waals surface area contributed by atoms with Crippen molar-refractivity contribution in [2.45, 2.75) is 44.9 Å². The third-order valence-electron chi connectivity index (χ3n) is 5.67. The molecule has 0 aromatic heterocycles. The smallest absolute Gasteiger partial charge is 0.234 e. The van der Waals surface area contributed by atoms with Gasteiger partial charge in [0.25, 0.3) is 0 Å². The lowest BCUT2D eigenvalue weighted by atomic mass is 9.94. The highest BCUT2D eigenvalue weighted by molar-refractivity contribution is 5.78. The summed E-state index contributed by atoms with van der Waals surface area (Å²) in [4.78, 5) is 14.8. The number of rotatable bonds is 6. The van der Waals surface area contributed by atoms with Crippen LogP contribution in [0.2, 0.25) is 0 Å². The van der Waals surface area contributed by atoms with E-state index in [0.717, 1.165) is 19.4 Å². The summed E-state index contributed by atoms with van der Waals surface area (Å²) in [5, 5.41) is 3.07. The Morgan fingerprint density at radius 3 is 3.00 bits per heavy atom. The van der Waals surface area contributed by atoms with E-state index >= 15 is 0 Å². The molecule has 1 heterocycles. The molecule has 1 aliphatic heterocycles. The van der Waals surface area contributed by atoms with E-state index in [1.54, 1.807) is 7.11 Å². The lowest BCUT2D eigenvalue weighted by molar-refractivity contribution is -0.126. The van der Waals surface area contributed by atoms with Crippen molar-refractivity contribution in [2.75, 3.05) is 33.4 Å². The summed E-state index contributed by atoms with van der Waals surface area (Å²) in [6.45, 7) is 5.32. The van der Waals surface area contributed by atoms with Crippen molar-refractivity contribution in [3.05, 3.63) is 35.4 Å². The quantitative estimate of drug-likeness (QED) is 0.857. The van der Waals surface area contributed by atoms with E-state index in [-0.39, 0.29) is 11.9 Å². The fourth-order valence-corrected chi connectivity index (χ4v) is 4.18. The maximum atomic E-state index is 12.5. The second kappa shape index (κ2) is 8.79. The number of methoxy groups -OCH3 is 1. The molecule has 1 aromatic carbocycles. The molecular formula is C20H30N2O3. The van der Waals surface area contributed by atoms with Gasteiger partial charge < -0.3 is 14.8 Å². The summed E-state index contributed by atoms with van der Waals surface area (Å²) < 4.78 is 11.4. The van der Waals surface area contributed by atoms with Gasteiger partial charge in [-0.05, 0) is 30.9 Å². The van der Waals surface area contributed by atoms with Crippen LogP contribution in [0.1, 0.15) is 30.4 Å². The molecule has 5 heteroatoms. The van der Waals surface area contributed by atoms with Crippen molar-refractivity contribution in [2.24, 2.45) is 5.92 Å². The fraction of sp³-hybridized carbons (Fsp3) is 0.650. The van der Waals surface area contributed by atoms with Crippen LogP contribution >= 0.6 is 0 Å². The summed E-state index contributed by atoms with van der Waals surface area (Å²) in [6.07, 6.45) is 3.77. The number of amides is 1. The van der Waals surface area contributed by atoms with Crippen molar-refractivity contribution < 1.29 is 14.3 Å². The minimum atomic E-state index is 0.0853. The minimum Gasteiger partial charge on any atom is -0.381 e. The summed E-state index contributed by atoms with van der Waals surface area (Å²) in [7, 11) is 1.80. The van der Waals surface area contributed by atoms with Crippen LogP contribution in [0.25, 0.3) is 0 Å². The van der Waals surface area contributed by atoms with Gasteiger partial charge >= 0.3 is 0 Å². The molecule has 1 N–H and O–H groups in total. The monoisotopic (exact) mass is 346 g/mol. The van der Waals surface area contributed by atoms with E-state index in [1.807, 2.05) is 12.1 Å². The average Bonchev–Trinajstić information content (AvgIpc) is 3.10. The van der Waals surface area contributed by atoms with E-state index < -0.39 is 0 Å². The zero-order valence-corrected chi connectivity index (χ0v) is 15.4. The van der Waals surface area contributed by atoms with Gasteiger partial charge in [-0.25, -0.2) is 0 Å². The summed E-state index contributed by atoms with van der Waals surface area (Å²) in [5.74, 6) is 0.552. The summed E-state index contributed by atoms with van der Waals surface area (Å²) in [6, 6.07) is 8.45. The summed E-state index contributed by atoms with van der Waals surface area (Å²) >= 11 is 0. The van der Waals surface area contributed by atoms with Crippen molar-refractivity contribution in [3.8, 4) is 0 Å². The molecule has 1 aromatic rings. The number of benzene rings is 1. The number of hydrogen-bond acceptors (Lipinski definition) is 4. The molecular weight excluding hydrogens is 316 g/mol. The molecule has 1 saturated carbocycles. The molecule has 0 unspecified atom stereocenters. The highest BCUT2D eigenvalue weighted by atomic mass is 16.5. The normalized spacial score (nSPS) is 27.4. The lowest BCUT2D eigenvalue weighted by Gasteiger charge is -2.40. The average molecular weight is 346 g/mol. The predicted octanol–water partition coefficient (Wildman–Crippen LogP) is 2.13. The molecule has 3 atom stereocenters. The van der Waals surface area contributed by atoms with Crippen LogP contribution < -0.4 is 5.32 Å².